The SMILES string of the molecule is O=C(NCCCc1c[nH]c2ccc(F)cc12)C1(CO)CCCO1. The fourth-order valence-corrected chi connectivity index (χ4v) is 3.07. The van der Waals surface area contributed by atoms with Gasteiger partial charge in [0.2, 0.25) is 0 Å². The van der Waals surface area contributed by atoms with E-state index in [2.05, 4.69) is 10.3 Å². The number of fused-ring (bicyclic) bond motifs is 1. The third kappa shape index (κ3) is 3.23. The molecule has 1 aliphatic rings. The number of hydrogen-bond acceptors (Lipinski definition) is 3. The van der Waals surface area contributed by atoms with Gasteiger partial charge in [-0.1, -0.05) is 0 Å². The molecule has 0 aliphatic carbocycles. The molecule has 0 bridgehead atoms. The van der Waals surface area contributed by atoms with Crippen LogP contribution >= 0.6 is 0 Å². The average molecular weight is 320 g/mol. The van der Waals surface area contributed by atoms with Crippen molar-refractivity contribution in [3.63, 3.8) is 0 Å². The third-order valence-electron chi connectivity index (χ3n) is 4.41. The first-order chi connectivity index (χ1) is 11.1. The van der Waals surface area contributed by atoms with Crippen molar-refractivity contribution in [2.75, 3.05) is 19.8 Å². The summed E-state index contributed by atoms with van der Waals surface area (Å²) >= 11 is 0. The van der Waals surface area contributed by atoms with E-state index in [1.165, 1.54) is 12.1 Å². The van der Waals surface area contributed by atoms with E-state index in [1.807, 2.05) is 6.20 Å². The lowest BCUT2D eigenvalue weighted by Gasteiger charge is -2.24. The second-order valence-electron chi connectivity index (χ2n) is 5.97. The van der Waals surface area contributed by atoms with Crippen LogP contribution in [0.25, 0.3) is 10.9 Å². The van der Waals surface area contributed by atoms with Crippen LogP contribution in [-0.2, 0) is 16.0 Å². The summed E-state index contributed by atoms with van der Waals surface area (Å²) in [6, 6.07) is 4.67. The summed E-state index contributed by atoms with van der Waals surface area (Å²) < 4.78 is 18.8. The van der Waals surface area contributed by atoms with E-state index >= 15 is 0 Å². The van der Waals surface area contributed by atoms with E-state index in [0.717, 1.165) is 35.7 Å². The van der Waals surface area contributed by atoms with Gasteiger partial charge in [-0.3, -0.25) is 4.79 Å². The van der Waals surface area contributed by atoms with E-state index in [-0.39, 0.29) is 18.3 Å². The van der Waals surface area contributed by atoms with Gasteiger partial charge >= 0.3 is 0 Å². The minimum absolute atomic E-state index is 0.248. The molecule has 5 nitrogen and oxygen atoms in total. The normalized spacial score (nSPS) is 21.0. The molecule has 1 fully saturated rings. The molecule has 6 heteroatoms. The number of carbonyl (C=O) groups is 1. The van der Waals surface area contributed by atoms with Crippen LogP contribution in [0.3, 0.4) is 0 Å². The van der Waals surface area contributed by atoms with E-state index < -0.39 is 5.60 Å². The fourth-order valence-electron chi connectivity index (χ4n) is 3.07. The Morgan fingerprint density at radius 2 is 2.35 bits per heavy atom. The number of halogens is 1. The van der Waals surface area contributed by atoms with Crippen molar-refractivity contribution >= 4 is 16.8 Å². The molecule has 0 radical (unpaired) electrons. The molecule has 23 heavy (non-hydrogen) atoms. The Morgan fingerprint density at radius 1 is 1.48 bits per heavy atom. The van der Waals surface area contributed by atoms with Gasteiger partial charge < -0.3 is 20.1 Å². The number of benzene rings is 1. The van der Waals surface area contributed by atoms with Crippen LogP contribution < -0.4 is 5.32 Å². The molecule has 1 saturated heterocycles. The van der Waals surface area contributed by atoms with E-state index in [1.54, 1.807) is 6.07 Å². The van der Waals surface area contributed by atoms with E-state index in [0.29, 0.717) is 19.6 Å². The molecule has 1 amide bonds. The lowest BCUT2D eigenvalue weighted by Crippen LogP contribution is -2.49. The number of ether oxygens (including phenoxy) is 1. The second kappa shape index (κ2) is 6.68. The summed E-state index contributed by atoms with van der Waals surface area (Å²) in [4.78, 5) is 15.3. The first-order valence-corrected chi connectivity index (χ1v) is 7.93. The zero-order valence-corrected chi connectivity index (χ0v) is 12.9. The maximum atomic E-state index is 13.3. The number of hydrogen-bond donors (Lipinski definition) is 3. The minimum Gasteiger partial charge on any atom is -0.393 e. The number of aromatic nitrogens is 1. The monoisotopic (exact) mass is 320 g/mol. The topological polar surface area (TPSA) is 74.4 Å². The fraction of sp³-hybridized carbons (Fsp3) is 0.471. The van der Waals surface area contributed by atoms with Crippen LogP contribution in [-0.4, -0.2) is 41.4 Å². The molecule has 2 heterocycles. The average Bonchev–Trinajstić information content (AvgIpc) is 3.19. The second-order valence-corrected chi connectivity index (χ2v) is 5.97. The number of rotatable bonds is 6. The standard InChI is InChI=1S/C17H21FN2O3/c18-13-4-5-15-14(9-13)12(10-20-15)3-1-7-19-16(22)17(11-21)6-2-8-23-17/h4-5,9-10,20-21H,1-3,6-8,11H2,(H,19,22). The molecule has 2 aromatic rings. The molecule has 0 spiro atoms. The molecule has 1 atom stereocenters. The van der Waals surface area contributed by atoms with Crippen LogP contribution in [0.5, 0.6) is 0 Å². The van der Waals surface area contributed by atoms with Crippen LogP contribution in [0.4, 0.5) is 4.39 Å². The van der Waals surface area contributed by atoms with Crippen molar-refractivity contribution in [2.24, 2.45) is 0 Å². The molecule has 3 N–H and O–H groups in total. The highest BCUT2D eigenvalue weighted by Crippen LogP contribution is 2.25. The van der Waals surface area contributed by atoms with Gasteiger partial charge in [0.1, 0.15) is 5.82 Å². The summed E-state index contributed by atoms with van der Waals surface area (Å²) in [5.74, 6) is -0.502. The maximum Gasteiger partial charge on any atom is 0.254 e. The zero-order chi connectivity index (χ0) is 16.3. The molecule has 1 aliphatic heterocycles. The smallest absolute Gasteiger partial charge is 0.254 e. The Kier molecular flexibility index (Phi) is 4.63. The first kappa shape index (κ1) is 16.0. The van der Waals surface area contributed by atoms with Crippen molar-refractivity contribution < 1.29 is 19.0 Å². The molecular formula is C17H21FN2O3. The Hall–Kier alpha value is -1.92. The van der Waals surface area contributed by atoms with E-state index in [4.69, 9.17) is 4.74 Å². The number of H-pyrrole nitrogens is 1. The van der Waals surface area contributed by atoms with Gasteiger partial charge in [0.25, 0.3) is 5.91 Å². The predicted octanol–water partition coefficient (Wildman–Crippen LogP) is 1.90. The van der Waals surface area contributed by atoms with Gasteiger partial charge in [-0.25, -0.2) is 4.39 Å². The quantitative estimate of drug-likeness (QED) is 0.712. The highest BCUT2D eigenvalue weighted by atomic mass is 19.1. The minimum atomic E-state index is -1.07. The van der Waals surface area contributed by atoms with Crippen LogP contribution in [0.2, 0.25) is 0 Å². The molecule has 1 aromatic heterocycles. The summed E-state index contributed by atoms with van der Waals surface area (Å²) in [7, 11) is 0. The summed E-state index contributed by atoms with van der Waals surface area (Å²) in [6.45, 7) is 0.710. The Bertz CT molecular complexity index is 692. The number of aromatic amines is 1. The van der Waals surface area contributed by atoms with E-state index in [9.17, 15) is 14.3 Å². The van der Waals surface area contributed by atoms with Crippen LogP contribution in [0.15, 0.2) is 24.4 Å². The Morgan fingerprint density at radius 3 is 3.09 bits per heavy atom. The maximum absolute atomic E-state index is 13.3. The number of aliphatic hydroxyl groups excluding tert-OH is 1. The molecule has 1 aromatic carbocycles. The van der Waals surface area contributed by atoms with Gasteiger partial charge in [-0.2, -0.15) is 0 Å². The highest BCUT2D eigenvalue weighted by Gasteiger charge is 2.41. The third-order valence-corrected chi connectivity index (χ3v) is 4.41. The van der Waals surface area contributed by atoms with Crippen LogP contribution in [0.1, 0.15) is 24.8 Å². The van der Waals surface area contributed by atoms with Crippen molar-refractivity contribution in [2.45, 2.75) is 31.3 Å². The van der Waals surface area contributed by atoms with Crippen LogP contribution in [0, 0.1) is 5.82 Å². The van der Waals surface area contributed by atoms with Gasteiger partial charge in [0, 0.05) is 30.3 Å². The molecule has 1 unspecified atom stereocenters. The zero-order valence-electron chi connectivity index (χ0n) is 12.9. The number of nitrogens with one attached hydrogen (secondary N) is 2. The first-order valence-electron chi connectivity index (χ1n) is 7.93. The summed E-state index contributed by atoms with van der Waals surface area (Å²) in [5, 5.41) is 13.1. The largest absolute Gasteiger partial charge is 0.393 e. The van der Waals surface area contributed by atoms with Crippen molar-refractivity contribution in [3.05, 3.63) is 35.8 Å². The molecular weight excluding hydrogens is 299 g/mol. The number of aliphatic hydroxyl groups is 1. The number of aryl methyl sites for hydroxylation is 1. The van der Waals surface area contributed by atoms with Gasteiger partial charge in [-0.15, -0.1) is 0 Å². The van der Waals surface area contributed by atoms with Crippen molar-refractivity contribution in [1.29, 1.82) is 0 Å². The Labute approximate surface area is 133 Å². The molecule has 124 valence electrons. The molecule has 0 saturated carbocycles. The lowest BCUT2D eigenvalue weighted by atomic mass is 10.00. The Balaban J connectivity index is 1.53. The van der Waals surface area contributed by atoms with Crippen molar-refractivity contribution in [3.8, 4) is 0 Å². The molecule has 3 rings (SSSR count). The highest BCUT2D eigenvalue weighted by molar-refractivity contribution is 5.85. The summed E-state index contributed by atoms with van der Waals surface area (Å²) in [5.41, 5.74) is 0.871. The number of amides is 1. The van der Waals surface area contributed by atoms with Crippen molar-refractivity contribution in [1.82, 2.24) is 10.3 Å². The summed E-state index contributed by atoms with van der Waals surface area (Å²) in [6.07, 6.45) is 4.68. The number of carbonyl (C=O) groups excluding carboxylic acids is 1. The van der Waals surface area contributed by atoms with Gasteiger partial charge in [0.15, 0.2) is 5.60 Å². The van der Waals surface area contributed by atoms with Gasteiger partial charge in [-0.05, 0) is 49.4 Å². The van der Waals surface area contributed by atoms with Gasteiger partial charge in [0.05, 0.1) is 6.61 Å². The predicted molar refractivity (Wildman–Crippen MR) is 84.6 cm³/mol. The lowest BCUT2D eigenvalue weighted by molar-refractivity contribution is -0.145.